The minimum atomic E-state index is -0.834. The zero-order chi connectivity index (χ0) is 14.0. The first-order valence-electron chi connectivity index (χ1n) is 7.14. The van der Waals surface area contributed by atoms with Crippen molar-refractivity contribution in [3.05, 3.63) is 0 Å². The first kappa shape index (κ1) is 14.3. The van der Waals surface area contributed by atoms with Crippen molar-refractivity contribution in [3.63, 3.8) is 0 Å². The van der Waals surface area contributed by atoms with Crippen LogP contribution in [0.4, 0.5) is 0 Å². The van der Waals surface area contributed by atoms with Crippen LogP contribution < -0.4 is 0 Å². The topological polar surface area (TPSA) is 66.8 Å². The molecule has 1 N–H and O–H groups in total. The highest BCUT2D eigenvalue weighted by Gasteiger charge is 2.38. The standard InChI is InChI=1S/C14H23NO4/c1-9(14(17)18)8-15(12-3-4-12)13(16)11-5-6-19-10(2)7-11/h9-12H,3-8H2,1-2H3,(H,17,18). The predicted molar refractivity (Wildman–Crippen MR) is 69.7 cm³/mol. The minimum absolute atomic E-state index is 0.00495. The van der Waals surface area contributed by atoms with Crippen molar-refractivity contribution in [2.45, 2.75) is 51.7 Å². The average molecular weight is 269 g/mol. The van der Waals surface area contributed by atoms with Crippen molar-refractivity contribution >= 4 is 11.9 Å². The van der Waals surface area contributed by atoms with Crippen LogP contribution in [-0.4, -0.2) is 47.2 Å². The molecule has 0 aromatic rings. The lowest BCUT2D eigenvalue weighted by Crippen LogP contribution is -2.44. The average Bonchev–Trinajstić information content (AvgIpc) is 3.19. The van der Waals surface area contributed by atoms with Crippen LogP contribution in [0.3, 0.4) is 0 Å². The lowest BCUT2D eigenvalue weighted by Gasteiger charge is -2.32. The highest BCUT2D eigenvalue weighted by atomic mass is 16.5. The molecule has 108 valence electrons. The zero-order valence-corrected chi connectivity index (χ0v) is 11.7. The largest absolute Gasteiger partial charge is 0.481 e. The quantitative estimate of drug-likeness (QED) is 0.821. The van der Waals surface area contributed by atoms with Gasteiger partial charge in [-0.15, -0.1) is 0 Å². The van der Waals surface area contributed by atoms with E-state index in [2.05, 4.69) is 0 Å². The maximum Gasteiger partial charge on any atom is 0.308 e. The monoisotopic (exact) mass is 269 g/mol. The van der Waals surface area contributed by atoms with Gasteiger partial charge in [-0.05, 0) is 32.6 Å². The van der Waals surface area contributed by atoms with Crippen LogP contribution in [0.25, 0.3) is 0 Å². The summed E-state index contributed by atoms with van der Waals surface area (Å²) in [6.45, 7) is 4.62. The predicted octanol–water partition coefficient (Wildman–Crippen LogP) is 1.51. The summed E-state index contributed by atoms with van der Waals surface area (Å²) in [6, 6.07) is 0.271. The van der Waals surface area contributed by atoms with Crippen LogP contribution in [0, 0.1) is 11.8 Å². The minimum Gasteiger partial charge on any atom is -0.481 e. The first-order chi connectivity index (χ1) is 8.99. The molecule has 5 heteroatoms. The van der Waals surface area contributed by atoms with E-state index in [-0.39, 0.29) is 24.0 Å². The van der Waals surface area contributed by atoms with Crippen molar-refractivity contribution in [1.29, 1.82) is 0 Å². The van der Waals surface area contributed by atoms with Crippen molar-refractivity contribution in [2.75, 3.05) is 13.2 Å². The van der Waals surface area contributed by atoms with Crippen LogP contribution in [0.2, 0.25) is 0 Å². The molecule has 3 unspecified atom stereocenters. The van der Waals surface area contributed by atoms with Gasteiger partial charge < -0.3 is 14.7 Å². The summed E-state index contributed by atoms with van der Waals surface area (Å²) in [5.74, 6) is -1.20. The van der Waals surface area contributed by atoms with E-state index in [0.29, 0.717) is 13.2 Å². The van der Waals surface area contributed by atoms with Crippen LogP contribution in [0.1, 0.15) is 39.5 Å². The summed E-state index contributed by atoms with van der Waals surface area (Å²) in [4.78, 5) is 25.3. The fourth-order valence-electron chi connectivity index (χ4n) is 2.64. The number of nitrogens with zero attached hydrogens (tertiary/aromatic N) is 1. The Bertz CT molecular complexity index is 353. The number of hydrogen-bond acceptors (Lipinski definition) is 3. The molecule has 1 aliphatic heterocycles. The van der Waals surface area contributed by atoms with Gasteiger partial charge in [-0.1, -0.05) is 6.92 Å². The maximum atomic E-state index is 12.6. The van der Waals surface area contributed by atoms with Gasteiger partial charge in [-0.2, -0.15) is 0 Å². The van der Waals surface area contributed by atoms with Gasteiger partial charge in [-0.25, -0.2) is 0 Å². The lowest BCUT2D eigenvalue weighted by atomic mass is 9.94. The van der Waals surface area contributed by atoms with Gasteiger partial charge >= 0.3 is 5.97 Å². The van der Waals surface area contributed by atoms with Gasteiger partial charge in [0, 0.05) is 25.1 Å². The van der Waals surface area contributed by atoms with E-state index in [4.69, 9.17) is 9.84 Å². The van der Waals surface area contributed by atoms with Gasteiger partial charge in [0.2, 0.25) is 5.91 Å². The number of ether oxygens (including phenoxy) is 1. The molecular formula is C14H23NO4. The molecular weight excluding hydrogens is 246 g/mol. The number of rotatable bonds is 5. The first-order valence-corrected chi connectivity index (χ1v) is 7.14. The Morgan fingerprint density at radius 1 is 1.37 bits per heavy atom. The molecule has 5 nitrogen and oxygen atoms in total. The Morgan fingerprint density at radius 2 is 2.05 bits per heavy atom. The number of carbonyl (C=O) groups is 2. The van der Waals surface area contributed by atoms with E-state index < -0.39 is 11.9 Å². The Morgan fingerprint density at radius 3 is 2.58 bits per heavy atom. The summed E-state index contributed by atoms with van der Waals surface area (Å²) < 4.78 is 5.47. The molecule has 0 spiro atoms. The van der Waals surface area contributed by atoms with Gasteiger partial charge in [0.1, 0.15) is 0 Å². The van der Waals surface area contributed by atoms with E-state index in [0.717, 1.165) is 25.7 Å². The highest BCUT2D eigenvalue weighted by Crippen LogP contribution is 2.31. The number of carbonyl (C=O) groups excluding carboxylic acids is 1. The molecule has 0 aromatic heterocycles. The number of carboxylic acid groups (broad SMARTS) is 1. The van der Waals surface area contributed by atoms with Gasteiger partial charge in [0.15, 0.2) is 0 Å². The van der Waals surface area contributed by atoms with Gasteiger partial charge in [0.05, 0.1) is 12.0 Å². The molecule has 1 heterocycles. The Hall–Kier alpha value is -1.10. The summed E-state index contributed by atoms with van der Waals surface area (Å²) in [5, 5.41) is 9.01. The molecule has 0 aromatic carbocycles. The summed E-state index contributed by atoms with van der Waals surface area (Å²) in [5.41, 5.74) is 0. The second kappa shape index (κ2) is 5.90. The molecule has 0 radical (unpaired) electrons. The summed E-state index contributed by atoms with van der Waals surface area (Å²) in [6.07, 6.45) is 3.66. The highest BCUT2D eigenvalue weighted by molar-refractivity contribution is 5.80. The molecule has 1 amide bonds. The second-order valence-electron chi connectivity index (χ2n) is 5.86. The van der Waals surface area contributed by atoms with Crippen LogP contribution in [0.5, 0.6) is 0 Å². The zero-order valence-electron chi connectivity index (χ0n) is 11.7. The third-order valence-electron chi connectivity index (χ3n) is 4.00. The Kier molecular flexibility index (Phi) is 4.45. The van der Waals surface area contributed by atoms with Crippen LogP contribution in [-0.2, 0) is 14.3 Å². The third kappa shape index (κ3) is 3.69. The van der Waals surface area contributed by atoms with Gasteiger partial charge in [-0.3, -0.25) is 9.59 Å². The maximum absolute atomic E-state index is 12.6. The number of carboxylic acids is 1. The van der Waals surface area contributed by atoms with Crippen molar-refractivity contribution < 1.29 is 19.4 Å². The summed E-state index contributed by atoms with van der Waals surface area (Å²) >= 11 is 0. The van der Waals surface area contributed by atoms with Crippen molar-refractivity contribution in [2.24, 2.45) is 11.8 Å². The third-order valence-corrected chi connectivity index (χ3v) is 4.00. The second-order valence-corrected chi connectivity index (χ2v) is 5.86. The molecule has 1 saturated carbocycles. The van der Waals surface area contributed by atoms with E-state index >= 15 is 0 Å². The van der Waals surface area contributed by atoms with E-state index in [1.54, 1.807) is 6.92 Å². The fourth-order valence-corrected chi connectivity index (χ4v) is 2.64. The molecule has 1 saturated heterocycles. The molecule has 2 fully saturated rings. The van der Waals surface area contributed by atoms with E-state index in [9.17, 15) is 9.59 Å². The molecule has 2 rings (SSSR count). The van der Waals surface area contributed by atoms with Crippen LogP contribution >= 0.6 is 0 Å². The number of amides is 1. The molecule has 3 atom stereocenters. The summed E-state index contributed by atoms with van der Waals surface area (Å²) in [7, 11) is 0. The van der Waals surface area contributed by atoms with Crippen molar-refractivity contribution in [1.82, 2.24) is 4.90 Å². The van der Waals surface area contributed by atoms with E-state index in [1.807, 2.05) is 11.8 Å². The molecule has 1 aliphatic carbocycles. The Labute approximate surface area is 113 Å². The number of aliphatic carboxylic acids is 1. The fraction of sp³-hybridized carbons (Fsp3) is 0.857. The van der Waals surface area contributed by atoms with Crippen molar-refractivity contribution in [3.8, 4) is 0 Å². The molecule has 19 heavy (non-hydrogen) atoms. The molecule has 0 bridgehead atoms. The number of hydrogen-bond donors (Lipinski definition) is 1. The smallest absolute Gasteiger partial charge is 0.308 e. The molecule has 2 aliphatic rings. The van der Waals surface area contributed by atoms with Crippen LogP contribution in [0.15, 0.2) is 0 Å². The Balaban J connectivity index is 1.98. The van der Waals surface area contributed by atoms with Gasteiger partial charge in [0.25, 0.3) is 0 Å². The van der Waals surface area contributed by atoms with E-state index in [1.165, 1.54) is 0 Å². The lowest BCUT2D eigenvalue weighted by molar-refractivity contribution is -0.146. The normalized spacial score (nSPS) is 28.7. The SMILES string of the molecule is CC1CC(C(=O)N(CC(C)C(=O)O)C2CC2)CCO1.